The molecule has 1 aromatic rings. The van der Waals surface area contributed by atoms with Crippen molar-refractivity contribution in [2.24, 2.45) is 0 Å². The predicted molar refractivity (Wildman–Crippen MR) is 71.2 cm³/mol. The largest absolute Gasteiger partial charge is 0.346 e. The van der Waals surface area contributed by atoms with Crippen LogP contribution in [-0.2, 0) is 19.5 Å². The van der Waals surface area contributed by atoms with E-state index in [0.717, 1.165) is 5.56 Å². The summed E-state index contributed by atoms with van der Waals surface area (Å²) >= 11 is 0. The Hall–Kier alpha value is 0.00338. The molecule has 88 valence electrons. The van der Waals surface area contributed by atoms with Gasteiger partial charge in [-0.1, -0.05) is 6.07 Å². The molecule has 0 aliphatic rings. The molecule has 0 aliphatic heterocycles. The molecule has 0 saturated heterocycles. The van der Waals surface area contributed by atoms with E-state index in [-0.39, 0.29) is 31.9 Å². The van der Waals surface area contributed by atoms with Crippen LogP contribution in [0, 0.1) is 27.7 Å². The van der Waals surface area contributed by atoms with Gasteiger partial charge in [-0.3, -0.25) is 0 Å². The number of hydrogen-bond acceptors (Lipinski definition) is 0. The van der Waals surface area contributed by atoms with Gasteiger partial charge in [0, 0.05) is 19.5 Å². The van der Waals surface area contributed by atoms with Gasteiger partial charge in [-0.2, -0.15) is 45.4 Å². The Bertz CT molecular complexity index is 140. The zero-order valence-corrected chi connectivity index (χ0v) is 14.1. The minimum Gasteiger partial charge on any atom is -0.346 e. The number of rotatable bonds is 0. The Kier molecular flexibility index (Phi) is 72.5. The summed E-state index contributed by atoms with van der Waals surface area (Å²) in [6.07, 6.45) is 0. The standard InChI is InChI=1S/C7H7.3C2H5.ClH.Zn/c1-7-5-3-2-4-6-7;3*1-2;;/h2-6H,1H2;3*1H2,2H3;1H;/q4*-1;;. The molecule has 0 N–H and O–H groups in total. The normalized spacial score (nSPS) is 5.20. The molecule has 0 fully saturated rings. The van der Waals surface area contributed by atoms with E-state index >= 15 is 0 Å². The molecule has 0 aromatic heterocycles. The topological polar surface area (TPSA) is 0 Å². The van der Waals surface area contributed by atoms with Crippen molar-refractivity contribution in [1.82, 2.24) is 0 Å². The van der Waals surface area contributed by atoms with Crippen LogP contribution in [0.4, 0.5) is 0 Å². The summed E-state index contributed by atoms with van der Waals surface area (Å²) in [5.74, 6) is 0. The first-order chi connectivity index (χ1) is 6.39. The van der Waals surface area contributed by atoms with Gasteiger partial charge in [0.05, 0.1) is 0 Å². The van der Waals surface area contributed by atoms with Crippen LogP contribution in [0.3, 0.4) is 0 Å². The van der Waals surface area contributed by atoms with Crippen LogP contribution in [-0.4, -0.2) is 0 Å². The van der Waals surface area contributed by atoms with Gasteiger partial charge in [0.25, 0.3) is 0 Å². The average Bonchev–Trinajstić information content (AvgIpc) is 2.28. The van der Waals surface area contributed by atoms with E-state index in [4.69, 9.17) is 0 Å². The molecule has 0 unspecified atom stereocenters. The maximum atomic E-state index is 3.72. The van der Waals surface area contributed by atoms with Gasteiger partial charge in [0.15, 0.2) is 0 Å². The van der Waals surface area contributed by atoms with Crippen molar-refractivity contribution in [3.63, 3.8) is 0 Å². The summed E-state index contributed by atoms with van der Waals surface area (Å²) in [7, 11) is 0. The van der Waals surface area contributed by atoms with Crippen LogP contribution < -0.4 is 0 Å². The number of hydrogen-bond donors (Lipinski definition) is 0. The smallest absolute Gasteiger partial charge is 0 e. The minimum atomic E-state index is 0. The molecule has 0 aliphatic carbocycles. The second-order valence-corrected chi connectivity index (χ2v) is 1.49. The van der Waals surface area contributed by atoms with Crippen molar-refractivity contribution in [1.29, 1.82) is 0 Å². The zero-order chi connectivity index (χ0) is 11.1. The van der Waals surface area contributed by atoms with Crippen molar-refractivity contribution in [2.75, 3.05) is 0 Å². The maximum absolute atomic E-state index is 3.72. The Morgan fingerprint density at radius 2 is 1.00 bits per heavy atom. The average molecular weight is 280 g/mol. The summed E-state index contributed by atoms with van der Waals surface area (Å²) in [6.45, 7) is 18.7. The quantitative estimate of drug-likeness (QED) is 0.472. The fourth-order valence-electron chi connectivity index (χ4n) is 0.478. The van der Waals surface area contributed by atoms with Crippen LogP contribution in [0.15, 0.2) is 30.3 Å². The molecule has 0 radical (unpaired) electrons. The fourth-order valence-corrected chi connectivity index (χ4v) is 0.478. The summed E-state index contributed by atoms with van der Waals surface area (Å²) in [4.78, 5) is 0. The molecule has 15 heavy (non-hydrogen) atoms. The number of benzene rings is 1. The van der Waals surface area contributed by atoms with Crippen LogP contribution in [0.25, 0.3) is 0 Å². The third kappa shape index (κ3) is 31.5. The van der Waals surface area contributed by atoms with Crippen molar-refractivity contribution in [2.45, 2.75) is 20.8 Å². The molecule has 0 spiro atoms. The Morgan fingerprint density at radius 3 is 1.13 bits per heavy atom. The first-order valence-electron chi connectivity index (χ1n) is 4.39. The van der Waals surface area contributed by atoms with Gasteiger partial charge in [-0.05, 0) is 0 Å². The second kappa shape index (κ2) is 37.0. The maximum Gasteiger partial charge on any atom is 0 e. The Balaban J connectivity index is -0.0000000369. The van der Waals surface area contributed by atoms with Crippen LogP contribution >= 0.6 is 12.4 Å². The summed E-state index contributed by atoms with van der Waals surface area (Å²) < 4.78 is 0. The minimum absolute atomic E-state index is 0. The SMILES string of the molecule is Cl.[CH2-]C.[CH2-]C.[CH2-]C.[CH2-]c1ccccc1.[Zn]. The molecule has 1 rings (SSSR count). The van der Waals surface area contributed by atoms with Crippen LogP contribution in [0.2, 0.25) is 0 Å². The molecule has 2 heteroatoms. The van der Waals surface area contributed by atoms with E-state index in [2.05, 4.69) is 27.7 Å². The third-order valence-corrected chi connectivity index (χ3v) is 0.843. The summed E-state index contributed by atoms with van der Waals surface area (Å²) in [6, 6.07) is 9.87. The Labute approximate surface area is 116 Å². The van der Waals surface area contributed by atoms with Crippen LogP contribution in [0.5, 0.6) is 0 Å². The third-order valence-electron chi connectivity index (χ3n) is 0.843. The van der Waals surface area contributed by atoms with Crippen molar-refractivity contribution in [3.05, 3.63) is 63.6 Å². The van der Waals surface area contributed by atoms with Gasteiger partial charge >= 0.3 is 0 Å². The van der Waals surface area contributed by atoms with Gasteiger partial charge in [-0.25, -0.2) is 0 Å². The summed E-state index contributed by atoms with van der Waals surface area (Å²) in [5.41, 5.74) is 1.07. The molecule has 1 aromatic carbocycles. The van der Waals surface area contributed by atoms with E-state index in [9.17, 15) is 0 Å². The molecular weight excluding hydrogens is 257 g/mol. The molecular formula is C13H23ClZn-4. The molecule has 0 amide bonds. The molecule has 0 heterocycles. The van der Waals surface area contributed by atoms with E-state index in [1.54, 1.807) is 20.8 Å². The van der Waals surface area contributed by atoms with E-state index in [1.807, 2.05) is 30.3 Å². The van der Waals surface area contributed by atoms with Gasteiger partial charge in [0.2, 0.25) is 0 Å². The first-order valence-corrected chi connectivity index (χ1v) is 4.39. The fraction of sp³-hybridized carbons (Fsp3) is 0.231. The predicted octanol–water partition coefficient (Wildman–Crippen LogP) is 4.81. The Morgan fingerprint density at radius 1 is 0.733 bits per heavy atom. The first kappa shape index (κ1) is 29.4. The molecule has 0 saturated carbocycles. The zero-order valence-electron chi connectivity index (χ0n) is 10.3. The van der Waals surface area contributed by atoms with E-state index in [0.29, 0.717) is 0 Å². The van der Waals surface area contributed by atoms with Gasteiger partial charge in [0.1, 0.15) is 0 Å². The van der Waals surface area contributed by atoms with Crippen molar-refractivity contribution >= 4 is 12.4 Å². The van der Waals surface area contributed by atoms with Crippen molar-refractivity contribution in [3.8, 4) is 0 Å². The van der Waals surface area contributed by atoms with Crippen molar-refractivity contribution < 1.29 is 19.5 Å². The molecule has 0 bridgehead atoms. The number of halogens is 1. The van der Waals surface area contributed by atoms with Gasteiger partial charge < -0.3 is 20.8 Å². The van der Waals surface area contributed by atoms with E-state index < -0.39 is 0 Å². The molecule has 0 nitrogen and oxygen atoms in total. The summed E-state index contributed by atoms with van der Waals surface area (Å²) in [5, 5.41) is 0. The van der Waals surface area contributed by atoms with Gasteiger partial charge in [-0.15, -0.1) is 24.5 Å². The molecule has 0 atom stereocenters. The van der Waals surface area contributed by atoms with Crippen LogP contribution in [0.1, 0.15) is 26.3 Å². The second-order valence-electron chi connectivity index (χ2n) is 1.49. The monoisotopic (exact) mass is 278 g/mol. The van der Waals surface area contributed by atoms with E-state index in [1.165, 1.54) is 0 Å².